The second-order valence-electron chi connectivity index (χ2n) is 9.99. The molecule has 2 fully saturated rings. The number of hydrogen-bond donors (Lipinski definition) is 3. The number of halogens is 1. The van der Waals surface area contributed by atoms with Crippen molar-refractivity contribution in [1.82, 2.24) is 15.1 Å². The lowest BCUT2D eigenvalue weighted by Gasteiger charge is -2.31. The quantitative estimate of drug-likeness (QED) is 0.484. The molecule has 0 radical (unpaired) electrons. The van der Waals surface area contributed by atoms with E-state index in [4.69, 9.17) is 10.2 Å². The Kier molecular flexibility index (Phi) is 16.7. The van der Waals surface area contributed by atoms with Crippen LogP contribution in [-0.4, -0.2) is 78.5 Å². The highest BCUT2D eigenvalue weighted by molar-refractivity contribution is 5.85. The molecule has 7 heteroatoms. The zero-order chi connectivity index (χ0) is 21.5. The summed E-state index contributed by atoms with van der Waals surface area (Å²) in [5.74, 6) is 0.438. The molecular formula is C23H48ClN3O3. The van der Waals surface area contributed by atoms with Gasteiger partial charge >= 0.3 is 6.09 Å². The minimum Gasteiger partial charge on any atom is -0.465 e. The van der Waals surface area contributed by atoms with Crippen LogP contribution in [0.4, 0.5) is 4.79 Å². The predicted molar refractivity (Wildman–Crippen MR) is 128 cm³/mol. The number of rotatable bonds is 9. The van der Waals surface area contributed by atoms with Crippen molar-refractivity contribution >= 4 is 18.5 Å². The van der Waals surface area contributed by atoms with Crippen molar-refractivity contribution in [3.05, 3.63) is 0 Å². The molecule has 1 amide bonds. The van der Waals surface area contributed by atoms with Crippen molar-refractivity contribution in [1.29, 1.82) is 0 Å². The average Bonchev–Trinajstić information content (AvgIpc) is 2.70. The zero-order valence-electron chi connectivity index (χ0n) is 19.7. The van der Waals surface area contributed by atoms with Gasteiger partial charge in [-0.25, -0.2) is 4.79 Å². The molecule has 0 aromatic heterocycles. The SMILES string of the molecule is CC(C)(C)CC[C@@H](CNC(=O)O)CN1CCCCC1.Cl.OCCCN1CCCCC1. The molecule has 30 heavy (non-hydrogen) atoms. The molecule has 2 heterocycles. The molecule has 2 saturated heterocycles. The maximum Gasteiger partial charge on any atom is 0.404 e. The Balaban J connectivity index is 0.000000646. The second-order valence-corrected chi connectivity index (χ2v) is 9.99. The van der Waals surface area contributed by atoms with Gasteiger partial charge in [-0.3, -0.25) is 0 Å². The van der Waals surface area contributed by atoms with Gasteiger partial charge in [-0.05, 0) is 82.5 Å². The first-order valence-corrected chi connectivity index (χ1v) is 11.8. The monoisotopic (exact) mass is 449 g/mol. The van der Waals surface area contributed by atoms with Crippen molar-refractivity contribution in [3.63, 3.8) is 0 Å². The van der Waals surface area contributed by atoms with E-state index in [0.717, 1.165) is 32.4 Å². The molecule has 0 saturated carbocycles. The van der Waals surface area contributed by atoms with Gasteiger partial charge in [0.15, 0.2) is 0 Å². The van der Waals surface area contributed by atoms with Crippen LogP contribution < -0.4 is 5.32 Å². The maximum absolute atomic E-state index is 10.7. The normalized spacial score (nSPS) is 19.2. The molecule has 0 bridgehead atoms. The predicted octanol–water partition coefficient (Wildman–Crippen LogP) is 4.46. The Hall–Kier alpha value is -0.560. The number of likely N-dealkylation sites (tertiary alicyclic amines) is 2. The topological polar surface area (TPSA) is 76.0 Å². The maximum atomic E-state index is 10.7. The van der Waals surface area contributed by atoms with E-state index in [1.165, 1.54) is 64.7 Å². The van der Waals surface area contributed by atoms with Crippen molar-refractivity contribution < 1.29 is 15.0 Å². The molecule has 1 atom stereocenters. The number of nitrogens with zero attached hydrogens (tertiary/aromatic N) is 2. The van der Waals surface area contributed by atoms with E-state index < -0.39 is 6.09 Å². The lowest BCUT2D eigenvalue weighted by atomic mass is 9.86. The summed E-state index contributed by atoms with van der Waals surface area (Å²) in [6.45, 7) is 14.7. The molecule has 0 spiro atoms. The second kappa shape index (κ2) is 17.0. The third-order valence-corrected chi connectivity index (χ3v) is 5.89. The summed E-state index contributed by atoms with van der Waals surface area (Å²) in [7, 11) is 0. The van der Waals surface area contributed by atoms with E-state index in [9.17, 15) is 4.79 Å². The van der Waals surface area contributed by atoms with Gasteiger partial charge in [0.25, 0.3) is 0 Å². The Morgan fingerprint density at radius 2 is 1.50 bits per heavy atom. The van der Waals surface area contributed by atoms with Gasteiger partial charge in [-0.15, -0.1) is 12.4 Å². The van der Waals surface area contributed by atoms with Crippen LogP contribution in [0.1, 0.15) is 78.6 Å². The van der Waals surface area contributed by atoms with Crippen LogP contribution in [0.2, 0.25) is 0 Å². The summed E-state index contributed by atoms with van der Waals surface area (Å²) in [5.41, 5.74) is 0.323. The molecule has 2 aliphatic heterocycles. The van der Waals surface area contributed by atoms with E-state index in [0.29, 0.717) is 24.5 Å². The molecule has 0 aromatic rings. The van der Waals surface area contributed by atoms with Gasteiger partial charge in [0.2, 0.25) is 0 Å². The number of piperidine rings is 2. The fourth-order valence-electron chi connectivity index (χ4n) is 4.11. The molecule has 180 valence electrons. The van der Waals surface area contributed by atoms with E-state index >= 15 is 0 Å². The van der Waals surface area contributed by atoms with E-state index in [1.54, 1.807) is 0 Å². The standard InChI is InChI=1S/C15H30N2O2.C8H17NO.ClH/c1-15(2,3)8-7-13(11-16-14(18)19)12-17-9-5-4-6-10-17;10-8-4-7-9-5-2-1-3-6-9;/h13,16H,4-12H2,1-3H3,(H,18,19);10H,1-8H2;1H/t13-;;/m0../s1. The molecule has 0 aromatic carbocycles. The summed E-state index contributed by atoms with van der Waals surface area (Å²) in [6, 6.07) is 0. The molecule has 6 nitrogen and oxygen atoms in total. The van der Waals surface area contributed by atoms with Gasteiger partial charge in [0.1, 0.15) is 0 Å². The Morgan fingerprint density at radius 1 is 0.967 bits per heavy atom. The van der Waals surface area contributed by atoms with Crippen molar-refractivity contribution in [3.8, 4) is 0 Å². The lowest BCUT2D eigenvalue weighted by Crippen LogP contribution is -2.39. The number of hydrogen-bond acceptors (Lipinski definition) is 4. The minimum absolute atomic E-state index is 0. The summed E-state index contributed by atoms with van der Waals surface area (Å²) >= 11 is 0. The summed E-state index contributed by atoms with van der Waals surface area (Å²) in [5, 5.41) is 19.9. The largest absolute Gasteiger partial charge is 0.465 e. The Morgan fingerprint density at radius 3 is 1.97 bits per heavy atom. The van der Waals surface area contributed by atoms with E-state index in [-0.39, 0.29) is 12.4 Å². The molecule has 0 aliphatic carbocycles. The number of amides is 1. The fourth-order valence-corrected chi connectivity index (χ4v) is 4.11. The van der Waals surface area contributed by atoms with Crippen molar-refractivity contribution in [2.75, 3.05) is 52.4 Å². The lowest BCUT2D eigenvalue weighted by molar-refractivity contribution is 0.169. The van der Waals surface area contributed by atoms with E-state index in [1.807, 2.05) is 0 Å². The first-order chi connectivity index (χ1) is 13.8. The van der Waals surface area contributed by atoms with Crippen LogP contribution in [0.3, 0.4) is 0 Å². The van der Waals surface area contributed by atoms with Crippen LogP contribution >= 0.6 is 12.4 Å². The number of nitrogens with one attached hydrogen (secondary N) is 1. The summed E-state index contributed by atoms with van der Waals surface area (Å²) in [4.78, 5) is 15.6. The molecule has 3 N–H and O–H groups in total. The van der Waals surface area contributed by atoms with Crippen LogP contribution in [0, 0.1) is 11.3 Å². The fraction of sp³-hybridized carbons (Fsp3) is 0.957. The van der Waals surface area contributed by atoms with Crippen LogP contribution in [-0.2, 0) is 0 Å². The van der Waals surface area contributed by atoms with Gasteiger partial charge < -0.3 is 25.3 Å². The van der Waals surface area contributed by atoms with Crippen molar-refractivity contribution in [2.45, 2.75) is 78.6 Å². The van der Waals surface area contributed by atoms with Gasteiger partial charge in [0, 0.05) is 26.2 Å². The first-order valence-electron chi connectivity index (χ1n) is 11.8. The highest BCUT2D eigenvalue weighted by atomic mass is 35.5. The number of aliphatic hydroxyl groups is 1. The van der Waals surface area contributed by atoms with Crippen LogP contribution in [0.15, 0.2) is 0 Å². The summed E-state index contributed by atoms with van der Waals surface area (Å²) < 4.78 is 0. The smallest absolute Gasteiger partial charge is 0.404 e. The van der Waals surface area contributed by atoms with Gasteiger partial charge in [0.05, 0.1) is 0 Å². The van der Waals surface area contributed by atoms with Crippen LogP contribution in [0.5, 0.6) is 0 Å². The third kappa shape index (κ3) is 16.2. The highest BCUT2D eigenvalue weighted by Crippen LogP contribution is 2.24. The number of carboxylic acid groups (broad SMARTS) is 1. The first kappa shape index (κ1) is 29.4. The van der Waals surface area contributed by atoms with Gasteiger partial charge in [-0.1, -0.05) is 33.6 Å². The van der Waals surface area contributed by atoms with Crippen molar-refractivity contribution in [2.24, 2.45) is 11.3 Å². The Labute approximate surface area is 191 Å². The minimum atomic E-state index is -0.903. The average molecular weight is 450 g/mol. The van der Waals surface area contributed by atoms with E-state index in [2.05, 4.69) is 35.9 Å². The molecular weight excluding hydrogens is 402 g/mol. The summed E-state index contributed by atoms with van der Waals surface area (Å²) in [6.07, 6.45) is 10.3. The number of carbonyl (C=O) groups is 1. The van der Waals surface area contributed by atoms with Gasteiger partial charge in [-0.2, -0.15) is 0 Å². The third-order valence-electron chi connectivity index (χ3n) is 5.89. The Bertz CT molecular complexity index is 420. The molecule has 2 aliphatic rings. The van der Waals surface area contributed by atoms with Crippen LogP contribution in [0.25, 0.3) is 0 Å². The zero-order valence-corrected chi connectivity index (χ0v) is 20.5. The number of aliphatic hydroxyl groups excluding tert-OH is 1. The highest BCUT2D eigenvalue weighted by Gasteiger charge is 2.20. The molecule has 2 rings (SSSR count). The molecule has 0 unspecified atom stereocenters.